The average Bonchev–Trinajstić information content (AvgIpc) is 2.15. The van der Waals surface area contributed by atoms with E-state index in [-0.39, 0.29) is 11.3 Å². The molecule has 3 nitrogen and oxygen atoms in total. The van der Waals surface area contributed by atoms with E-state index in [2.05, 4.69) is 33.0 Å². The molecule has 0 aliphatic carbocycles. The number of nitrogens with two attached hydrogens (primary N) is 1. The quantitative estimate of drug-likeness (QED) is 0.792. The van der Waals surface area contributed by atoms with Crippen molar-refractivity contribution in [2.45, 2.75) is 52.1 Å². The Morgan fingerprint density at radius 2 is 2.12 bits per heavy atom. The third kappa shape index (κ3) is 3.14. The molecule has 1 heterocycles. The summed E-state index contributed by atoms with van der Waals surface area (Å²) in [6, 6.07) is 0.335. The molecule has 2 unspecified atom stereocenters. The summed E-state index contributed by atoms with van der Waals surface area (Å²) in [6.07, 6.45) is 1.85. The van der Waals surface area contributed by atoms with Gasteiger partial charge in [0.05, 0.1) is 0 Å². The molecule has 0 aromatic rings. The lowest BCUT2D eigenvalue weighted by Crippen LogP contribution is -2.63. The minimum Gasteiger partial charge on any atom is -0.368 e. The molecule has 3 N–H and O–H groups in total. The number of hydrogen-bond acceptors (Lipinski definition) is 3. The molecule has 1 rings (SSSR count). The van der Waals surface area contributed by atoms with Crippen LogP contribution in [-0.4, -0.2) is 29.0 Å². The van der Waals surface area contributed by atoms with Crippen molar-refractivity contribution in [1.29, 1.82) is 0 Å². The molecule has 1 fully saturated rings. The molecule has 16 heavy (non-hydrogen) atoms. The van der Waals surface area contributed by atoms with Crippen LogP contribution in [0.15, 0.2) is 0 Å². The maximum atomic E-state index is 11.8. The van der Waals surface area contributed by atoms with Gasteiger partial charge in [-0.1, -0.05) is 20.8 Å². The van der Waals surface area contributed by atoms with Crippen molar-refractivity contribution in [2.75, 3.05) is 11.5 Å². The van der Waals surface area contributed by atoms with Crippen LogP contribution in [0.3, 0.4) is 0 Å². The lowest BCUT2D eigenvalue weighted by molar-refractivity contribution is -0.125. The van der Waals surface area contributed by atoms with Crippen LogP contribution < -0.4 is 11.1 Å². The van der Waals surface area contributed by atoms with E-state index in [1.165, 1.54) is 0 Å². The van der Waals surface area contributed by atoms with Crippen molar-refractivity contribution < 1.29 is 4.79 Å². The van der Waals surface area contributed by atoms with Gasteiger partial charge in [-0.05, 0) is 30.9 Å². The highest BCUT2D eigenvalue weighted by Crippen LogP contribution is 2.39. The third-order valence-corrected chi connectivity index (χ3v) is 4.91. The fraction of sp³-hybridized carbons (Fsp3) is 0.917. The zero-order valence-corrected chi connectivity index (χ0v) is 11.6. The smallest absolute Gasteiger partial charge is 0.238 e. The van der Waals surface area contributed by atoms with E-state index in [4.69, 9.17) is 5.73 Å². The lowest BCUT2D eigenvalue weighted by atomic mass is 9.79. The second-order valence-corrected chi connectivity index (χ2v) is 6.72. The standard InChI is InChI=1S/C12H24N2OS/c1-5-9(2)14-12(10(13)15)6-11(3,4)7-16-8-12/h9,14H,5-8H2,1-4H3,(H2,13,15). The summed E-state index contributed by atoms with van der Waals surface area (Å²) < 4.78 is 0. The van der Waals surface area contributed by atoms with Gasteiger partial charge in [0.25, 0.3) is 0 Å². The number of hydrogen-bond donors (Lipinski definition) is 2. The number of primary amides is 1. The Labute approximate surface area is 103 Å². The predicted molar refractivity (Wildman–Crippen MR) is 70.5 cm³/mol. The third-order valence-electron chi connectivity index (χ3n) is 3.23. The summed E-state index contributed by atoms with van der Waals surface area (Å²) in [5.74, 6) is 1.70. The van der Waals surface area contributed by atoms with Gasteiger partial charge in [-0.15, -0.1) is 0 Å². The molecule has 2 atom stereocenters. The van der Waals surface area contributed by atoms with E-state index in [1.54, 1.807) is 0 Å². The molecule has 0 radical (unpaired) electrons. The Kier molecular flexibility index (Phi) is 4.29. The number of carbonyl (C=O) groups excluding carboxylic acids is 1. The zero-order chi connectivity index (χ0) is 12.4. The van der Waals surface area contributed by atoms with Crippen molar-refractivity contribution in [2.24, 2.45) is 11.1 Å². The van der Waals surface area contributed by atoms with Gasteiger partial charge < -0.3 is 11.1 Å². The molecule has 0 spiro atoms. The first-order chi connectivity index (χ1) is 7.31. The summed E-state index contributed by atoms with van der Waals surface area (Å²) in [5, 5.41) is 3.44. The van der Waals surface area contributed by atoms with Crippen LogP contribution >= 0.6 is 11.8 Å². The van der Waals surface area contributed by atoms with E-state index in [1.807, 2.05) is 11.8 Å². The normalized spacial score (nSPS) is 31.0. The topological polar surface area (TPSA) is 55.1 Å². The fourth-order valence-corrected chi connectivity index (χ4v) is 3.75. The Bertz CT molecular complexity index is 268. The molecule has 0 saturated carbocycles. The maximum absolute atomic E-state index is 11.8. The first kappa shape index (κ1) is 13.8. The van der Waals surface area contributed by atoms with Crippen LogP contribution in [0.2, 0.25) is 0 Å². The van der Waals surface area contributed by atoms with Crippen LogP contribution in [0.1, 0.15) is 40.5 Å². The van der Waals surface area contributed by atoms with E-state index in [9.17, 15) is 4.79 Å². The molecule has 1 aliphatic rings. The highest BCUT2D eigenvalue weighted by molar-refractivity contribution is 7.99. The van der Waals surface area contributed by atoms with Crippen molar-refractivity contribution >= 4 is 17.7 Å². The van der Waals surface area contributed by atoms with Crippen molar-refractivity contribution in [3.05, 3.63) is 0 Å². The molecule has 0 aromatic carbocycles. The van der Waals surface area contributed by atoms with Crippen molar-refractivity contribution in [3.8, 4) is 0 Å². The minimum absolute atomic E-state index is 0.179. The Morgan fingerprint density at radius 1 is 1.50 bits per heavy atom. The van der Waals surface area contributed by atoms with Gasteiger partial charge in [0.1, 0.15) is 5.54 Å². The van der Waals surface area contributed by atoms with Crippen molar-refractivity contribution in [1.82, 2.24) is 5.32 Å². The molecule has 0 aromatic heterocycles. The number of thioether (sulfide) groups is 1. The molecule has 1 amide bonds. The van der Waals surface area contributed by atoms with Gasteiger partial charge in [-0.25, -0.2) is 0 Å². The van der Waals surface area contributed by atoms with Gasteiger partial charge in [-0.3, -0.25) is 4.79 Å². The average molecular weight is 244 g/mol. The van der Waals surface area contributed by atoms with Crippen LogP contribution in [0.4, 0.5) is 0 Å². The van der Waals surface area contributed by atoms with Gasteiger partial charge in [0.15, 0.2) is 0 Å². The van der Waals surface area contributed by atoms with Crippen LogP contribution in [-0.2, 0) is 4.79 Å². The van der Waals surface area contributed by atoms with Gasteiger partial charge in [0.2, 0.25) is 5.91 Å². The molecule has 1 aliphatic heterocycles. The Balaban J connectivity index is 2.84. The molecule has 4 heteroatoms. The monoisotopic (exact) mass is 244 g/mol. The maximum Gasteiger partial charge on any atom is 0.238 e. The summed E-state index contributed by atoms with van der Waals surface area (Å²) in [4.78, 5) is 11.8. The van der Waals surface area contributed by atoms with Crippen LogP contribution in [0.5, 0.6) is 0 Å². The van der Waals surface area contributed by atoms with Gasteiger partial charge in [0, 0.05) is 11.8 Å². The van der Waals surface area contributed by atoms with Gasteiger partial charge in [-0.2, -0.15) is 11.8 Å². The Morgan fingerprint density at radius 3 is 2.56 bits per heavy atom. The molecule has 94 valence electrons. The minimum atomic E-state index is -0.512. The number of amides is 1. The Hall–Kier alpha value is -0.220. The van der Waals surface area contributed by atoms with E-state index in [0.29, 0.717) is 6.04 Å². The first-order valence-corrected chi connectivity index (χ1v) is 7.12. The van der Waals surface area contributed by atoms with E-state index >= 15 is 0 Å². The van der Waals surface area contributed by atoms with Crippen LogP contribution in [0, 0.1) is 5.41 Å². The number of nitrogens with one attached hydrogen (secondary N) is 1. The zero-order valence-electron chi connectivity index (χ0n) is 10.8. The second-order valence-electron chi connectivity index (χ2n) is 5.73. The van der Waals surface area contributed by atoms with E-state index < -0.39 is 5.54 Å². The molecular weight excluding hydrogens is 220 g/mol. The van der Waals surface area contributed by atoms with Crippen molar-refractivity contribution in [3.63, 3.8) is 0 Å². The molecule has 0 bridgehead atoms. The summed E-state index contributed by atoms with van der Waals surface area (Å²) >= 11 is 1.83. The van der Waals surface area contributed by atoms with Crippen LogP contribution in [0.25, 0.3) is 0 Å². The predicted octanol–water partition coefficient (Wildman–Crippen LogP) is 1.76. The summed E-state index contributed by atoms with van der Waals surface area (Å²) in [6.45, 7) is 8.63. The fourth-order valence-electron chi connectivity index (χ4n) is 2.32. The highest BCUT2D eigenvalue weighted by Gasteiger charge is 2.45. The first-order valence-electron chi connectivity index (χ1n) is 5.97. The second kappa shape index (κ2) is 4.96. The lowest BCUT2D eigenvalue weighted by Gasteiger charge is -2.44. The summed E-state index contributed by atoms with van der Waals surface area (Å²) in [5.41, 5.74) is 5.28. The summed E-state index contributed by atoms with van der Waals surface area (Å²) in [7, 11) is 0. The highest BCUT2D eigenvalue weighted by atomic mass is 32.2. The molecule has 1 saturated heterocycles. The molecular formula is C12H24N2OS. The van der Waals surface area contributed by atoms with E-state index in [0.717, 1.165) is 24.3 Å². The van der Waals surface area contributed by atoms with Gasteiger partial charge >= 0.3 is 0 Å². The largest absolute Gasteiger partial charge is 0.368 e. The number of carbonyl (C=O) groups is 1. The number of rotatable bonds is 4. The SMILES string of the molecule is CCC(C)NC1(C(N)=O)CSCC(C)(C)C1.